The van der Waals surface area contributed by atoms with Crippen molar-refractivity contribution < 1.29 is 9.13 Å². The van der Waals surface area contributed by atoms with Crippen molar-refractivity contribution in [3.05, 3.63) is 34.1 Å². The lowest BCUT2D eigenvalue weighted by Crippen LogP contribution is -2.45. The second kappa shape index (κ2) is 5.46. The van der Waals surface area contributed by atoms with Gasteiger partial charge < -0.3 is 10.1 Å². The minimum atomic E-state index is -0.232. The molecule has 0 aliphatic carbocycles. The van der Waals surface area contributed by atoms with Gasteiger partial charge in [-0.25, -0.2) is 4.39 Å². The zero-order valence-corrected chi connectivity index (χ0v) is 11.6. The third-order valence-corrected chi connectivity index (χ3v) is 3.84. The molecule has 1 aromatic carbocycles. The molecule has 2 unspecified atom stereocenters. The van der Waals surface area contributed by atoms with Crippen LogP contribution in [0.5, 0.6) is 0 Å². The van der Waals surface area contributed by atoms with Crippen LogP contribution in [0.4, 0.5) is 4.39 Å². The first-order valence-corrected chi connectivity index (χ1v) is 6.67. The van der Waals surface area contributed by atoms with Crippen LogP contribution in [-0.4, -0.2) is 19.2 Å². The van der Waals surface area contributed by atoms with Gasteiger partial charge in [0.15, 0.2) is 0 Å². The fourth-order valence-electron chi connectivity index (χ4n) is 1.99. The molecule has 1 saturated heterocycles. The first-order chi connectivity index (χ1) is 8.08. The Morgan fingerprint density at radius 2 is 2.24 bits per heavy atom. The van der Waals surface area contributed by atoms with Gasteiger partial charge in [0.05, 0.1) is 12.7 Å². The molecule has 0 bridgehead atoms. The lowest BCUT2D eigenvalue weighted by Gasteiger charge is -2.33. The fourth-order valence-corrected chi connectivity index (χ4v) is 2.59. The van der Waals surface area contributed by atoms with E-state index in [2.05, 4.69) is 35.1 Å². The van der Waals surface area contributed by atoms with Crippen LogP contribution in [0, 0.1) is 11.7 Å². The maximum absolute atomic E-state index is 13.0. The van der Waals surface area contributed by atoms with E-state index in [0.717, 1.165) is 16.6 Å². The highest BCUT2D eigenvalue weighted by molar-refractivity contribution is 9.10. The number of rotatable bonds is 2. The predicted octanol–water partition coefficient (Wildman–Crippen LogP) is 3.27. The van der Waals surface area contributed by atoms with Crippen molar-refractivity contribution in [3.63, 3.8) is 0 Å². The molecule has 2 rings (SSSR count). The summed E-state index contributed by atoms with van der Waals surface area (Å²) in [5.74, 6) is 0.331. The van der Waals surface area contributed by atoms with Crippen LogP contribution >= 0.6 is 15.9 Å². The van der Waals surface area contributed by atoms with Crippen LogP contribution in [-0.2, 0) is 4.74 Å². The maximum Gasteiger partial charge on any atom is 0.124 e. The zero-order chi connectivity index (χ0) is 12.4. The summed E-state index contributed by atoms with van der Waals surface area (Å²) in [5.41, 5.74) is 1.00. The molecule has 0 radical (unpaired) electrons. The molecule has 1 heterocycles. The lowest BCUT2D eigenvalue weighted by molar-refractivity contribution is -0.00750. The second-order valence-electron chi connectivity index (χ2n) is 4.75. The van der Waals surface area contributed by atoms with Gasteiger partial charge in [0.25, 0.3) is 0 Å². The summed E-state index contributed by atoms with van der Waals surface area (Å²) in [6.07, 6.45) is -0.0000231. The number of nitrogens with one attached hydrogen (secondary N) is 1. The van der Waals surface area contributed by atoms with Gasteiger partial charge in [0.2, 0.25) is 0 Å². The lowest BCUT2D eigenvalue weighted by atomic mass is 10.0. The number of halogens is 2. The van der Waals surface area contributed by atoms with Gasteiger partial charge in [-0.2, -0.15) is 0 Å². The fraction of sp³-hybridized carbons (Fsp3) is 0.538. The van der Waals surface area contributed by atoms with Crippen LogP contribution < -0.4 is 5.32 Å². The summed E-state index contributed by atoms with van der Waals surface area (Å²) in [5, 5.41) is 3.47. The highest BCUT2D eigenvalue weighted by atomic mass is 79.9. The molecular weight excluding hydrogens is 285 g/mol. The topological polar surface area (TPSA) is 21.3 Å². The van der Waals surface area contributed by atoms with Crippen LogP contribution in [0.25, 0.3) is 0 Å². The van der Waals surface area contributed by atoms with E-state index in [1.165, 1.54) is 12.1 Å². The highest BCUT2D eigenvalue weighted by Gasteiger charge is 2.25. The smallest absolute Gasteiger partial charge is 0.124 e. The molecule has 1 aliphatic rings. The average molecular weight is 302 g/mol. The summed E-state index contributed by atoms with van der Waals surface area (Å²) in [6, 6.07) is 5.14. The van der Waals surface area contributed by atoms with Gasteiger partial charge in [-0.1, -0.05) is 35.8 Å². The highest BCUT2D eigenvalue weighted by Crippen LogP contribution is 2.28. The standard InChI is InChI=1S/C13H17BrFNO/c1-8(2)12-7-17-13(6-16-12)10-4-3-9(15)5-11(10)14/h3-5,8,12-13,16H,6-7H2,1-2H3. The van der Waals surface area contributed by atoms with Crippen molar-refractivity contribution in [3.8, 4) is 0 Å². The van der Waals surface area contributed by atoms with E-state index in [4.69, 9.17) is 4.74 Å². The molecule has 1 N–H and O–H groups in total. The molecule has 17 heavy (non-hydrogen) atoms. The van der Waals surface area contributed by atoms with E-state index >= 15 is 0 Å². The quantitative estimate of drug-likeness (QED) is 0.905. The Labute approximate surface area is 110 Å². The van der Waals surface area contributed by atoms with Gasteiger partial charge in [0.1, 0.15) is 5.82 Å². The Balaban J connectivity index is 2.05. The van der Waals surface area contributed by atoms with E-state index in [1.54, 1.807) is 6.07 Å². The van der Waals surface area contributed by atoms with Gasteiger partial charge in [-0.15, -0.1) is 0 Å². The van der Waals surface area contributed by atoms with Gasteiger partial charge in [-0.3, -0.25) is 0 Å². The molecule has 0 amide bonds. The Bertz CT molecular complexity index is 389. The summed E-state index contributed by atoms with van der Waals surface area (Å²) in [4.78, 5) is 0. The Kier molecular flexibility index (Phi) is 4.17. The summed E-state index contributed by atoms with van der Waals surface area (Å²) < 4.78 is 19.6. The molecule has 2 atom stereocenters. The van der Waals surface area contributed by atoms with Crippen molar-refractivity contribution in [1.29, 1.82) is 0 Å². The van der Waals surface area contributed by atoms with Crippen LogP contribution in [0.3, 0.4) is 0 Å². The number of morpholine rings is 1. The minimum absolute atomic E-state index is 0.0000231. The Morgan fingerprint density at radius 1 is 1.47 bits per heavy atom. The molecule has 1 fully saturated rings. The van der Waals surface area contributed by atoms with E-state index < -0.39 is 0 Å². The first-order valence-electron chi connectivity index (χ1n) is 5.88. The number of hydrogen-bond donors (Lipinski definition) is 1. The van der Waals surface area contributed by atoms with Crippen molar-refractivity contribution in [1.82, 2.24) is 5.32 Å². The second-order valence-corrected chi connectivity index (χ2v) is 5.60. The molecule has 94 valence electrons. The van der Waals surface area contributed by atoms with E-state index in [0.29, 0.717) is 18.6 Å². The zero-order valence-electron chi connectivity index (χ0n) is 10.0. The van der Waals surface area contributed by atoms with Crippen molar-refractivity contribution in [2.45, 2.75) is 26.0 Å². The molecule has 0 saturated carbocycles. The summed E-state index contributed by atoms with van der Waals surface area (Å²) in [6.45, 7) is 5.82. The minimum Gasteiger partial charge on any atom is -0.371 e. The van der Waals surface area contributed by atoms with Crippen LogP contribution in [0.1, 0.15) is 25.5 Å². The molecular formula is C13H17BrFNO. The molecule has 2 nitrogen and oxygen atoms in total. The number of benzene rings is 1. The Morgan fingerprint density at radius 3 is 2.76 bits per heavy atom. The van der Waals surface area contributed by atoms with Crippen molar-refractivity contribution >= 4 is 15.9 Å². The molecule has 4 heteroatoms. The monoisotopic (exact) mass is 301 g/mol. The summed E-state index contributed by atoms with van der Waals surface area (Å²) >= 11 is 3.38. The van der Waals surface area contributed by atoms with Crippen LogP contribution in [0.15, 0.2) is 22.7 Å². The Hall–Kier alpha value is -0.450. The number of ether oxygens (including phenoxy) is 1. The molecule has 1 aromatic rings. The number of hydrogen-bond acceptors (Lipinski definition) is 2. The van der Waals surface area contributed by atoms with Crippen molar-refractivity contribution in [2.24, 2.45) is 5.92 Å². The normalized spacial score (nSPS) is 25.2. The first kappa shape index (κ1) is 13.0. The SMILES string of the molecule is CC(C)C1COC(c2ccc(F)cc2Br)CN1. The third-order valence-electron chi connectivity index (χ3n) is 3.16. The van der Waals surface area contributed by atoms with Crippen LogP contribution in [0.2, 0.25) is 0 Å². The molecule has 0 aromatic heterocycles. The van der Waals surface area contributed by atoms with E-state index in [1.807, 2.05) is 0 Å². The molecule has 0 spiro atoms. The predicted molar refractivity (Wildman–Crippen MR) is 69.4 cm³/mol. The van der Waals surface area contributed by atoms with Gasteiger partial charge in [0, 0.05) is 17.1 Å². The molecule has 1 aliphatic heterocycles. The maximum atomic E-state index is 13.0. The van der Waals surface area contributed by atoms with E-state index in [9.17, 15) is 4.39 Å². The average Bonchev–Trinajstić information content (AvgIpc) is 2.29. The summed E-state index contributed by atoms with van der Waals surface area (Å²) in [7, 11) is 0. The van der Waals surface area contributed by atoms with Gasteiger partial charge >= 0.3 is 0 Å². The largest absolute Gasteiger partial charge is 0.371 e. The van der Waals surface area contributed by atoms with Crippen molar-refractivity contribution in [2.75, 3.05) is 13.2 Å². The van der Waals surface area contributed by atoms with E-state index in [-0.39, 0.29) is 11.9 Å². The third kappa shape index (κ3) is 3.06. The van der Waals surface area contributed by atoms with Gasteiger partial charge in [-0.05, 0) is 23.6 Å².